The van der Waals surface area contributed by atoms with Crippen LogP contribution in [-0.2, 0) is 11.3 Å². The van der Waals surface area contributed by atoms with Gasteiger partial charge in [-0.15, -0.1) is 11.3 Å². The summed E-state index contributed by atoms with van der Waals surface area (Å²) in [4.78, 5) is 2.22. The third-order valence-electron chi connectivity index (χ3n) is 4.35. The number of hydrogen-bond donors (Lipinski definition) is 1. The van der Waals surface area contributed by atoms with E-state index in [0.29, 0.717) is 24.5 Å². The Morgan fingerprint density at radius 1 is 1.38 bits per heavy atom. The summed E-state index contributed by atoms with van der Waals surface area (Å²) in [6.45, 7) is 7.56. The van der Waals surface area contributed by atoms with Gasteiger partial charge in [0.1, 0.15) is 6.61 Å². The topological polar surface area (TPSA) is 29.5 Å². The van der Waals surface area contributed by atoms with Crippen molar-refractivity contribution in [3.63, 3.8) is 0 Å². The first kappa shape index (κ1) is 16.5. The van der Waals surface area contributed by atoms with E-state index in [0.717, 1.165) is 10.8 Å². The van der Waals surface area contributed by atoms with Crippen molar-refractivity contribution >= 4 is 11.3 Å². The van der Waals surface area contributed by atoms with E-state index in [1.807, 2.05) is 6.07 Å². The SMILES string of the molecule is CC1CCC(C(C)C)C(OCc2ccc(C#CCO)s2)C1. The van der Waals surface area contributed by atoms with E-state index in [4.69, 9.17) is 9.84 Å². The van der Waals surface area contributed by atoms with Crippen LogP contribution in [0.1, 0.15) is 49.8 Å². The van der Waals surface area contributed by atoms with Gasteiger partial charge in [0, 0.05) is 4.88 Å². The number of aliphatic hydroxyl groups excluding tert-OH is 1. The molecule has 1 aliphatic rings. The Morgan fingerprint density at radius 3 is 2.90 bits per heavy atom. The predicted molar refractivity (Wildman–Crippen MR) is 88.2 cm³/mol. The molecule has 0 aromatic carbocycles. The third-order valence-corrected chi connectivity index (χ3v) is 5.33. The van der Waals surface area contributed by atoms with E-state index in [-0.39, 0.29) is 6.61 Å². The fourth-order valence-electron chi connectivity index (χ4n) is 3.14. The van der Waals surface area contributed by atoms with Crippen molar-refractivity contribution in [2.24, 2.45) is 17.8 Å². The van der Waals surface area contributed by atoms with Crippen LogP contribution in [0.5, 0.6) is 0 Å². The second kappa shape index (κ2) is 7.98. The Bertz CT molecular complexity index is 495. The van der Waals surface area contributed by atoms with Crippen molar-refractivity contribution < 1.29 is 9.84 Å². The van der Waals surface area contributed by atoms with Gasteiger partial charge in [-0.1, -0.05) is 39.0 Å². The molecule has 0 spiro atoms. The lowest BCUT2D eigenvalue weighted by Gasteiger charge is -2.37. The Kier molecular flexibility index (Phi) is 6.29. The van der Waals surface area contributed by atoms with Crippen LogP contribution in [0.4, 0.5) is 0 Å². The van der Waals surface area contributed by atoms with E-state index in [1.54, 1.807) is 11.3 Å². The van der Waals surface area contributed by atoms with Crippen molar-refractivity contribution in [3.8, 4) is 11.8 Å². The van der Waals surface area contributed by atoms with Gasteiger partial charge in [-0.05, 0) is 42.7 Å². The summed E-state index contributed by atoms with van der Waals surface area (Å²) >= 11 is 1.66. The van der Waals surface area contributed by atoms with E-state index in [1.165, 1.54) is 24.1 Å². The fourth-order valence-corrected chi connectivity index (χ4v) is 3.95. The molecular formula is C18H26O2S. The van der Waals surface area contributed by atoms with Crippen LogP contribution in [0.25, 0.3) is 0 Å². The molecule has 0 saturated heterocycles. The van der Waals surface area contributed by atoms with E-state index in [2.05, 4.69) is 38.7 Å². The first-order valence-corrected chi connectivity index (χ1v) is 8.71. The molecule has 116 valence electrons. The van der Waals surface area contributed by atoms with Crippen LogP contribution in [0.3, 0.4) is 0 Å². The minimum atomic E-state index is -0.0836. The molecule has 1 fully saturated rings. The van der Waals surface area contributed by atoms with Crippen LogP contribution >= 0.6 is 11.3 Å². The average Bonchev–Trinajstić information content (AvgIpc) is 2.90. The summed E-state index contributed by atoms with van der Waals surface area (Å²) < 4.78 is 6.24. The highest BCUT2D eigenvalue weighted by Crippen LogP contribution is 2.36. The molecule has 1 aromatic heterocycles. The maximum atomic E-state index is 8.72. The zero-order valence-corrected chi connectivity index (χ0v) is 14.1. The summed E-state index contributed by atoms with van der Waals surface area (Å²) in [5.41, 5.74) is 0. The normalized spacial score (nSPS) is 25.7. The summed E-state index contributed by atoms with van der Waals surface area (Å²) in [6, 6.07) is 4.10. The van der Waals surface area contributed by atoms with Gasteiger partial charge in [0.25, 0.3) is 0 Å². The van der Waals surface area contributed by atoms with Crippen molar-refractivity contribution in [2.75, 3.05) is 6.61 Å². The number of hydrogen-bond acceptors (Lipinski definition) is 3. The van der Waals surface area contributed by atoms with Crippen molar-refractivity contribution in [1.82, 2.24) is 0 Å². The fraction of sp³-hybridized carbons (Fsp3) is 0.667. The minimum Gasteiger partial charge on any atom is -0.384 e. The molecule has 1 N–H and O–H groups in total. The summed E-state index contributed by atoms with van der Waals surface area (Å²) in [7, 11) is 0. The number of aliphatic hydroxyl groups is 1. The van der Waals surface area contributed by atoms with Crippen LogP contribution in [0.15, 0.2) is 12.1 Å². The second-order valence-corrected chi connectivity index (χ2v) is 7.57. The average molecular weight is 306 g/mol. The zero-order valence-electron chi connectivity index (χ0n) is 13.3. The monoisotopic (exact) mass is 306 g/mol. The largest absolute Gasteiger partial charge is 0.384 e. The Balaban J connectivity index is 1.92. The minimum absolute atomic E-state index is 0.0836. The summed E-state index contributed by atoms with van der Waals surface area (Å²) in [6.07, 6.45) is 4.21. The first-order chi connectivity index (χ1) is 10.1. The molecular weight excluding hydrogens is 280 g/mol. The highest BCUT2D eigenvalue weighted by atomic mass is 32.1. The van der Waals surface area contributed by atoms with Crippen LogP contribution in [0, 0.1) is 29.6 Å². The molecule has 2 nitrogen and oxygen atoms in total. The molecule has 21 heavy (non-hydrogen) atoms. The van der Waals surface area contributed by atoms with Gasteiger partial charge >= 0.3 is 0 Å². The van der Waals surface area contributed by atoms with Gasteiger partial charge in [-0.3, -0.25) is 0 Å². The number of ether oxygens (including phenoxy) is 1. The second-order valence-electron chi connectivity index (χ2n) is 6.40. The van der Waals surface area contributed by atoms with Gasteiger partial charge < -0.3 is 9.84 Å². The zero-order chi connectivity index (χ0) is 15.2. The van der Waals surface area contributed by atoms with Gasteiger partial charge in [-0.25, -0.2) is 0 Å². The third kappa shape index (κ3) is 4.85. The standard InChI is InChI=1S/C18H26O2S/c1-13(2)17-9-6-14(3)11-18(17)20-12-16-8-7-15(21-16)5-4-10-19/h7-8,13-14,17-19H,6,9-12H2,1-3H3. The van der Waals surface area contributed by atoms with E-state index in [9.17, 15) is 0 Å². The van der Waals surface area contributed by atoms with Crippen molar-refractivity contribution in [3.05, 3.63) is 21.9 Å². The molecule has 3 unspecified atom stereocenters. The Labute approximate surface area is 132 Å². The van der Waals surface area contributed by atoms with Crippen LogP contribution < -0.4 is 0 Å². The highest BCUT2D eigenvalue weighted by Gasteiger charge is 2.31. The van der Waals surface area contributed by atoms with E-state index >= 15 is 0 Å². The molecule has 1 saturated carbocycles. The molecule has 1 heterocycles. The van der Waals surface area contributed by atoms with Gasteiger partial charge in [-0.2, -0.15) is 0 Å². The summed E-state index contributed by atoms with van der Waals surface area (Å²) in [5.74, 6) is 7.79. The molecule has 0 amide bonds. The van der Waals surface area contributed by atoms with Gasteiger partial charge in [0.15, 0.2) is 0 Å². The lowest BCUT2D eigenvalue weighted by Crippen LogP contribution is -2.34. The highest BCUT2D eigenvalue weighted by molar-refractivity contribution is 7.12. The Morgan fingerprint density at radius 2 is 2.19 bits per heavy atom. The molecule has 3 atom stereocenters. The van der Waals surface area contributed by atoms with Crippen molar-refractivity contribution in [2.45, 2.75) is 52.7 Å². The maximum absolute atomic E-state index is 8.72. The lowest BCUT2D eigenvalue weighted by atomic mass is 9.75. The molecule has 2 rings (SSSR count). The molecule has 1 aromatic rings. The number of thiophene rings is 1. The van der Waals surface area contributed by atoms with E-state index < -0.39 is 0 Å². The van der Waals surface area contributed by atoms with Gasteiger partial charge in [0.05, 0.1) is 17.6 Å². The lowest BCUT2D eigenvalue weighted by molar-refractivity contribution is -0.0463. The number of rotatable bonds is 4. The van der Waals surface area contributed by atoms with Gasteiger partial charge in [0.2, 0.25) is 0 Å². The molecule has 0 bridgehead atoms. The van der Waals surface area contributed by atoms with Crippen molar-refractivity contribution in [1.29, 1.82) is 0 Å². The molecule has 1 aliphatic carbocycles. The maximum Gasteiger partial charge on any atom is 0.104 e. The molecule has 0 aliphatic heterocycles. The first-order valence-electron chi connectivity index (χ1n) is 7.90. The summed E-state index contributed by atoms with van der Waals surface area (Å²) in [5, 5.41) is 8.72. The Hall–Kier alpha value is -0.820. The molecule has 0 radical (unpaired) electrons. The van der Waals surface area contributed by atoms with Crippen LogP contribution in [-0.4, -0.2) is 17.8 Å². The quantitative estimate of drug-likeness (QED) is 0.850. The molecule has 3 heteroatoms. The van der Waals surface area contributed by atoms with Crippen LogP contribution in [0.2, 0.25) is 0 Å². The smallest absolute Gasteiger partial charge is 0.104 e. The predicted octanol–water partition coefficient (Wildman–Crippen LogP) is 4.07.